The van der Waals surface area contributed by atoms with Crippen molar-refractivity contribution < 1.29 is 0 Å². The third kappa shape index (κ3) is 2.22. The minimum Gasteiger partial charge on any atom is -0.330 e. The van der Waals surface area contributed by atoms with Crippen LogP contribution >= 0.6 is 0 Å². The highest BCUT2D eigenvalue weighted by atomic mass is 15.3. The zero-order chi connectivity index (χ0) is 11.7. The van der Waals surface area contributed by atoms with E-state index in [4.69, 9.17) is 5.73 Å². The van der Waals surface area contributed by atoms with Crippen molar-refractivity contribution in [3.05, 3.63) is 42.0 Å². The summed E-state index contributed by atoms with van der Waals surface area (Å²) in [6.07, 6.45) is 9.13. The second-order valence-electron chi connectivity index (χ2n) is 4.55. The van der Waals surface area contributed by atoms with Gasteiger partial charge in [-0.25, -0.2) is 4.68 Å². The van der Waals surface area contributed by atoms with Gasteiger partial charge in [-0.2, -0.15) is 5.10 Å². The van der Waals surface area contributed by atoms with E-state index >= 15 is 0 Å². The van der Waals surface area contributed by atoms with Crippen LogP contribution in [0.3, 0.4) is 0 Å². The van der Waals surface area contributed by atoms with Crippen LogP contribution in [0, 0.1) is 0 Å². The molecule has 0 saturated heterocycles. The lowest BCUT2D eigenvalue weighted by atomic mass is 10.2. The zero-order valence-corrected chi connectivity index (χ0v) is 9.71. The monoisotopic (exact) mass is 228 g/mol. The van der Waals surface area contributed by atoms with Crippen LogP contribution in [0.4, 0.5) is 0 Å². The topological polar surface area (TPSA) is 56.7 Å². The predicted molar refractivity (Wildman–Crippen MR) is 66.1 cm³/mol. The lowest BCUT2D eigenvalue weighted by molar-refractivity contribution is 0.828. The molecule has 0 spiro atoms. The van der Waals surface area contributed by atoms with Gasteiger partial charge in [-0.05, 0) is 43.5 Å². The molecule has 3 rings (SSSR count). The average molecular weight is 228 g/mol. The molecule has 0 amide bonds. The molecule has 1 aliphatic carbocycles. The Morgan fingerprint density at radius 2 is 2.24 bits per heavy atom. The van der Waals surface area contributed by atoms with Gasteiger partial charge in [-0.3, -0.25) is 4.98 Å². The molecular weight excluding hydrogens is 212 g/mol. The Labute approximate surface area is 100 Å². The van der Waals surface area contributed by atoms with Gasteiger partial charge >= 0.3 is 0 Å². The van der Waals surface area contributed by atoms with Crippen molar-refractivity contribution in [3.8, 4) is 5.69 Å². The molecule has 0 unspecified atom stereocenters. The Bertz CT molecular complexity index is 514. The van der Waals surface area contributed by atoms with Crippen molar-refractivity contribution in [2.45, 2.75) is 25.2 Å². The molecule has 2 heterocycles. The molecule has 2 aromatic rings. The fourth-order valence-corrected chi connectivity index (χ4v) is 1.98. The van der Waals surface area contributed by atoms with E-state index in [1.807, 2.05) is 23.3 Å². The second-order valence-corrected chi connectivity index (χ2v) is 4.55. The van der Waals surface area contributed by atoms with Crippen LogP contribution in [-0.2, 0) is 6.42 Å². The molecule has 4 nitrogen and oxygen atoms in total. The molecule has 1 aliphatic rings. The highest BCUT2D eigenvalue weighted by Gasteiger charge is 2.25. The van der Waals surface area contributed by atoms with E-state index < -0.39 is 0 Å². The fourth-order valence-electron chi connectivity index (χ4n) is 1.98. The molecule has 88 valence electrons. The maximum Gasteiger partial charge on any atom is 0.0831 e. The van der Waals surface area contributed by atoms with Crippen LogP contribution in [0.25, 0.3) is 5.69 Å². The van der Waals surface area contributed by atoms with Crippen molar-refractivity contribution in [1.29, 1.82) is 0 Å². The molecule has 17 heavy (non-hydrogen) atoms. The standard InChI is InChI=1S/C13H16N4/c14-5-3-10-7-12(9-15-8-10)17-6-4-13(16-17)11-1-2-11/h4,6-9,11H,1-3,5,14H2. The Kier molecular flexibility index (Phi) is 2.65. The summed E-state index contributed by atoms with van der Waals surface area (Å²) in [4.78, 5) is 4.23. The first kappa shape index (κ1) is 10.5. The van der Waals surface area contributed by atoms with E-state index in [-0.39, 0.29) is 0 Å². The first-order chi connectivity index (χ1) is 8.36. The van der Waals surface area contributed by atoms with Crippen LogP contribution < -0.4 is 5.73 Å². The van der Waals surface area contributed by atoms with Crippen molar-refractivity contribution in [3.63, 3.8) is 0 Å². The van der Waals surface area contributed by atoms with Crippen LogP contribution in [0.1, 0.15) is 30.0 Å². The van der Waals surface area contributed by atoms with Gasteiger partial charge in [0, 0.05) is 18.3 Å². The van der Waals surface area contributed by atoms with Gasteiger partial charge in [0.05, 0.1) is 17.6 Å². The largest absolute Gasteiger partial charge is 0.330 e. The summed E-state index contributed by atoms with van der Waals surface area (Å²) in [5.41, 5.74) is 8.93. The number of pyridine rings is 1. The third-order valence-electron chi connectivity index (χ3n) is 3.08. The van der Waals surface area contributed by atoms with Gasteiger partial charge in [-0.15, -0.1) is 0 Å². The Balaban J connectivity index is 1.88. The summed E-state index contributed by atoms with van der Waals surface area (Å²) in [5, 5.41) is 4.59. The predicted octanol–water partition coefficient (Wildman–Crippen LogP) is 1.65. The Hall–Kier alpha value is -1.68. The number of aromatic nitrogens is 3. The van der Waals surface area contributed by atoms with Crippen molar-refractivity contribution in [2.75, 3.05) is 6.54 Å². The minimum atomic E-state index is 0.650. The molecule has 1 fully saturated rings. The van der Waals surface area contributed by atoms with Gasteiger partial charge in [0.25, 0.3) is 0 Å². The molecule has 0 radical (unpaired) electrons. The summed E-state index contributed by atoms with van der Waals surface area (Å²) in [5.74, 6) is 0.691. The second kappa shape index (κ2) is 4.30. The lowest BCUT2D eigenvalue weighted by Crippen LogP contribution is -2.04. The summed E-state index contributed by atoms with van der Waals surface area (Å²) in [7, 11) is 0. The highest BCUT2D eigenvalue weighted by Crippen LogP contribution is 2.38. The quantitative estimate of drug-likeness (QED) is 0.865. The smallest absolute Gasteiger partial charge is 0.0831 e. The van der Waals surface area contributed by atoms with E-state index in [2.05, 4.69) is 22.2 Å². The van der Waals surface area contributed by atoms with Gasteiger partial charge in [0.15, 0.2) is 0 Å². The number of hydrogen-bond acceptors (Lipinski definition) is 3. The maximum atomic E-state index is 5.55. The van der Waals surface area contributed by atoms with Gasteiger partial charge in [0.2, 0.25) is 0 Å². The zero-order valence-electron chi connectivity index (χ0n) is 9.71. The van der Waals surface area contributed by atoms with Gasteiger partial charge < -0.3 is 5.73 Å². The summed E-state index contributed by atoms with van der Waals surface area (Å²) < 4.78 is 1.90. The Morgan fingerprint density at radius 3 is 3.00 bits per heavy atom. The van der Waals surface area contributed by atoms with Crippen molar-refractivity contribution >= 4 is 0 Å². The summed E-state index contributed by atoms with van der Waals surface area (Å²) >= 11 is 0. The molecule has 2 aromatic heterocycles. The van der Waals surface area contributed by atoms with Gasteiger partial charge in [0.1, 0.15) is 0 Å². The summed E-state index contributed by atoms with van der Waals surface area (Å²) in [6, 6.07) is 4.21. The molecule has 1 saturated carbocycles. The van der Waals surface area contributed by atoms with Crippen LogP contribution in [0.5, 0.6) is 0 Å². The molecule has 4 heteroatoms. The average Bonchev–Trinajstić information content (AvgIpc) is 3.08. The lowest BCUT2D eigenvalue weighted by Gasteiger charge is -2.03. The number of hydrogen-bond donors (Lipinski definition) is 1. The minimum absolute atomic E-state index is 0.650. The van der Waals surface area contributed by atoms with E-state index in [1.54, 1.807) is 0 Å². The summed E-state index contributed by atoms with van der Waals surface area (Å²) in [6.45, 7) is 0.650. The number of rotatable bonds is 4. The number of nitrogens with two attached hydrogens (primary N) is 1. The molecular formula is C13H16N4. The maximum absolute atomic E-state index is 5.55. The third-order valence-corrected chi connectivity index (χ3v) is 3.08. The van der Waals surface area contributed by atoms with Crippen LogP contribution in [0.2, 0.25) is 0 Å². The van der Waals surface area contributed by atoms with E-state index in [0.717, 1.165) is 17.7 Å². The van der Waals surface area contributed by atoms with E-state index in [9.17, 15) is 0 Å². The van der Waals surface area contributed by atoms with Gasteiger partial charge in [-0.1, -0.05) is 0 Å². The number of nitrogens with zero attached hydrogens (tertiary/aromatic N) is 3. The van der Waals surface area contributed by atoms with Crippen LogP contribution in [-0.4, -0.2) is 21.3 Å². The van der Waals surface area contributed by atoms with Crippen LogP contribution in [0.15, 0.2) is 30.7 Å². The highest BCUT2D eigenvalue weighted by molar-refractivity contribution is 5.32. The van der Waals surface area contributed by atoms with Crippen molar-refractivity contribution in [1.82, 2.24) is 14.8 Å². The molecule has 0 aromatic carbocycles. The molecule has 0 atom stereocenters. The normalized spacial score (nSPS) is 15.1. The molecule has 2 N–H and O–H groups in total. The molecule has 0 aliphatic heterocycles. The van der Waals surface area contributed by atoms with E-state index in [1.165, 1.54) is 18.5 Å². The SMILES string of the molecule is NCCc1cncc(-n2ccc(C3CC3)n2)c1. The first-order valence-corrected chi connectivity index (χ1v) is 6.07. The van der Waals surface area contributed by atoms with E-state index in [0.29, 0.717) is 12.5 Å². The molecule has 0 bridgehead atoms. The Morgan fingerprint density at radius 1 is 1.35 bits per heavy atom. The van der Waals surface area contributed by atoms with Crippen molar-refractivity contribution in [2.24, 2.45) is 5.73 Å². The fraction of sp³-hybridized carbons (Fsp3) is 0.385. The first-order valence-electron chi connectivity index (χ1n) is 6.07.